The van der Waals surface area contributed by atoms with E-state index < -0.39 is 11.9 Å². The molecule has 0 aliphatic rings. The third-order valence-electron chi connectivity index (χ3n) is 5.95. The van der Waals surface area contributed by atoms with Gasteiger partial charge in [0.1, 0.15) is 0 Å². The molecule has 0 spiro atoms. The Morgan fingerprint density at radius 3 is 1.37 bits per heavy atom. The Balaban J connectivity index is 0.000000247. The zero-order valence-corrected chi connectivity index (χ0v) is 30.6. The van der Waals surface area contributed by atoms with E-state index in [1.165, 1.54) is 77.0 Å². The molecule has 0 aromatic carbocycles. The standard InChI is InChI=1S/2C13H20N4S.4ClH.Pt/c2*1-2-3-4-5-6-7-8-18-13-11-12(15-9-14-11)16-10-17-13;;;;;/h2*9-10H,2-8H2,1H3,(H,14,15,16,17);4*1H;/q;;;;;;+4/p-2. The molecule has 0 aliphatic heterocycles. The number of aromatic nitrogens is 8. The normalized spacial score (nSPS) is 11.7. The predicted octanol–water partition coefficient (Wildman–Crippen LogP) is 9.20. The summed E-state index contributed by atoms with van der Waals surface area (Å²) in [5.74, 6) is 2.31. The van der Waals surface area contributed by atoms with Crippen LogP contribution in [0, 0.1) is 0 Å². The Morgan fingerprint density at radius 2 is 0.976 bits per heavy atom. The zero-order valence-electron chi connectivity index (χ0n) is 23.6. The summed E-state index contributed by atoms with van der Waals surface area (Å²) in [6.07, 6.45) is 22.9. The first-order valence-corrected chi connectivity index (χ1v) is 27.2. The van der Waals surface area contributed by atoms with E-state index >= 15 is 0 Å². The molecule has 0 radical (unpaired) electrons. The first-order valence-electron chi connectivity index (χ1n) is 14.0. The van der Waals surface area contributed by atoms with E-state index in [1.807, 2.05) is 23.5 Å². The second kappa shape index (κ2) is 22.2. The summed E-state index contributed by atoms with van der Waals surface area (Å²) in [4.78, 5) is 29.3. The summed E-state index contributed by atoms with van der Waals surface area (Å²) in [5.41, 5.74) is 3.63. The van der Waals surface area contributed by atoms with Gasteiger partial charge in [0.15, 0.2) is 21.1 Å². The van der Waals surface area contributed by atoms with E-state index in [1.54, 1.807) is 25.3 Å². The molecule has 0 atom stereocenters. The molecule has 0 saturated heterocycles. The van der Waals surface area contributed by atoms with Crippen molar-refractivity contribution in [2.75, 3.05) is 11.5 Å². The Labute approximate surface area is 271 Å². The van der Waals surface area contributed by atoms with E-state index in [2.05, 4.69) is 53.7 Å². The Hall–Kier alpha value is -0.352. The molecule has 0 fully saturated rings. The second-order valence-electron chi connectivity index (χ2n) is 9.17. The van der Waals surface area contributed by atoms with Crippen molar-refractivity contribution >= 4 is 83.5 Å². The molecule has 0 amide bonds. The van der Waals surface area contributed by atoms with Crippen molar-refractivity contribution in [3.05, 3.63) is 25.3 Å². The minimum absolute atomic E-state index is 0.791. The molecule has 234 valence electrons. The van der Waals surface area contributed by atoms with Crippen molar-refractivity contribution in [1.29, 1.82) is 0 Å². The molecule has 41 heavy (non-hydrogen) atoms. The molecule has 0 saturated carbocycles. The molecule has 0 unspecified atom stereocenters. The fourth-order valence-corrected chi connectivity index (χ4v) is 5.86. The molecule has 8 nitrogen and oxygen atoms in total. The molecule has 4 rings (SSSR count). The Morgan fingerprint density at radius 1 is 0.610 bits per heavy atom. The number of hydrogen-bond acceptors (Lipinski definition) is 6. The van der Waals surface area contributed by atoms with Crippen molar-refractivity contribution in [3.8, 4) is 0 Å². The summed E-state index contributed by atoms with van der Waals surface area (Å²) in [5, 5.41) is 2.29. The number of H-pyrrole nitrogens is 4. The van der Waals surface area contributed by atoms with Crippen LogP contribution in [0.2, 0.25) is 0 Å². The van der Waals surface area contributed by atoms with Gasteiger partial charge in [-0.05, 0) is 22.8 Å². The quantitative estimate of drug-likeness (QED) is 0.0661. The fraction of sp³-hybridized carbons (Fsp3) is 0.615. The third kappa shape index (κ3) is 16.9. The number of halogens is 4. The van der Waals surface area contributed by atoms with E-state index in [4.69, 9.17) is 37.7 Å². The maximum absolute atomic E-state index is 5.01. The van der Waals surface area contributed by atoms with Crippen LogP contribution >= 0.6 is 61.2 Å². The fourth-order valence-electron chi connectivity index (χ4n) is 3.89. The number of fused-ring (bicyclic) bond motifs is 2. The summed E-state index contributed by atoms with van der Waals surface area (Å²) < 4.78 is 0. The van der Waals surface area contributed by atoms with E-state index in [0.29, 0.717) is 0 Å². The number of aromatic amines is 4. The number of nitrogens with one attached hydrogen (secondary N) is 4. The van der Waals surface area contributed by atoms with Crippen molar-refractivity contribution < 1.29 is 21.9 Å². The summed E-state index contributed by atoms with van der Waals surface area (Å²) >= 11 is 0.647. The molecular formula is C26H42Cl4N8PtS2+2. The van der Waals surface area contributed by atoms with Gasteiger partial charge >= 0.3 is 49.6 Å². The van der Waals surface area contributed by atoms with E-state index in [-0.39, 0.29) is 0 Å². The van der Waals surface area contributed by atoms with Gasteiger partial charge in [-0.1, -0.05) is 102 Å². The van der Waals surface area contributed by atoms with E-state index in [9.17, 15) is 0 Å². The molecule has 4 aromatic heterocycles. The molecule has 15 heteroatoms. The SMILES string of the molecule is CCCCCCCCSc1[nH+]cnc2nc[nH]c12.CCCCCCCCSc1[nH+]cnc2nc[nH]c12.[Cl][Pt]([Cl])([Cl])[Cl]. The monoisotopic (exact) mass is 865 g/mol. The van der Waals surface area contributed by atoms with Crippen molar-refractivity contribution in [2.45, 2.75) is 101 Å². The van der Waals surface area contributed by atoms with Crippen LogP contribution in [-0.4, -0.2) is 41.4 Å². The summed E-state index contributed by atoms with van der Waals surface area (Å²) in [7, 11) is 20.0. The molecule has 0 bridgehead atoms. The topological polar surface area (TPSA) is 111 Å². The van der Waals surface area contributed by atoms with Crippen LogP contribution in [-0.2, 0) is 11.9 Å². The Bertz CT molecular complexity index is 1130. The van der Waals surface area contributed by atoms with Crippen molar-refractivity contribution in [2.24, 2.45) is 0 Å². The molecule has 4 heterocycles. The van der Waals surface area contributed by atoms with Crippen molar-refractivity contribution in [1.82, 2.24) is 29.9 Å². The zero-order chi connectivity index (χ0) is 29.8. The van der Waals surface area contributed by atoms with Gasteiger partial charge in [0, 0.05) is 11.5 Å². The number of nitrogens with zero attached hydrogens (tertiary/aromatic N) is 4. The average molecular weight is 868 g/mol. The maximum atomic E-state index is 5.01. The van der Waals surface area contributed by atoms with Crippen LogP contribution in [0.1, 0.15) is 90.9 Å². The number of thioether (sulfide) groups is 2. The van der Waals surface area contributed by atoms with Crippen LogP contribution in [0.5, 0.6) is 0 Å². The van der Waals surface area contributed by atoms with Crippen LogP contribution in [0.4, 0.5) is 0 Å². The first kappa shape index (κ1) is 36.8. The second-order valence-corrected chi connectivity index (χ2v) is 31.1. The molecule has 0 aliphatic carbocycles. The van der Waals surface area contributed by atoms with Gasteiger partial charge in [0.2, 0.25) is 0 Å². The summed E-state index contributed by atoms with van der Waals surface area (Å²) in [6.45, 7) is 4.51. The number of rotatable bonds is 16. The van der Waals surface area contributed by atoms with Gasteiger partial charge < -0.3 is 9.97 Å². The van der Waals surface area contributed by atoms with Crippen LogP contribution in [0.3, 0.4) is 0 Å². The number of hydrogen-bond donors (Lipinski definition) is 2. The number of unbranched alkanes of at least 4 members (excludes halogenated alkanes) is 10. The predicted molar refractivity (Wildman–Crippen MR) is 173 cm³/mol. The Kier molecular flexibility index (Phi) is 19.9. The minimum atomic E-state index is -3.06. The van der Waals surface area contributed by atoms with Crippen molar-refractivity contribution in [3.63, 3.8) is 0 Å². The van der Waals surface area contributed by atoms with Crippen LogP contribution < -0.4 is 9.97 Å². The average Bonchev–Trinajstić information content (AvgIpc) is 3.62. The molecule has 4 aromatic rings. The van der Waals surface area contributed by atoms with Crippen LogP contribution in [0.15, 0.2) is 35.4 Å². The summed E-state index contributed by atoms with van der Waals surface area (Å²) in [6, 6.07) is 0. The first-order chi connectivity index (χ1) is 19.8. The third-order valence-corrected chi connectivity index (χ3v) is 8.15. The van der Waals surface area contributed by atoms with Crippen LogP contribution in [0.25, 0.3) is 22.3 Å². The molecule has 4 N–H and O–H groups in total. The van der Waals surface area contributed by atoms with Gasteiger partial charge in [-0.25, -0.2) is 9.97 Å². The van der Waals surface area contributed by atoms with Gasteiger partial charge in [-0.15, -0.1) is 0 Å². The van der Waals surface area contributed by atoms with Gasteiger partial charge in [0.05, 0.1) is 12.7 Å². The number of imidazole rings is 2. The molecular weight excluding hydrogens is 825 g/mol. The van der Waals surface area contributed by atoms with E-state index in [0.717, 1.165) is 43.9 Å². The van der Waals surface area contributed by atoms with Gasteiger partial charge in [-0.2, -0.15) is 9.97 Å². The van der Waals surface area contributed by atoms with Gasteiger partial charge in [0.25, 0.3) is 23.9 Å². The van der Waals surface area contributed by atoms with Gasteiger partial charge in [-0.3, -0.25) is 0 Å².